The molecule has 0 aliphatic heterocycles. The number of nitrogens with one attached hydrogen (secondary N) is 2. The number of allylic oxidation sites excluding steroid dienone is 1. The van der Waals surface area contributed by atoms with Gasteiger partial charge in [0, 0.05) is 18.0 Å². The Balaban J connectivity index is 4.74. The van der Waals surface area contributed by atoms with Crippen molar-refractivity contribution in [2.24, 2.45) is 5.92 Å². The van der Waals surface area contributed by atoms with Crippen molar-refractivity contribution in [2.45, 2.75) is 40.7 Å². The minimum atomic E-state index is -0.446. The lowest BCUT2D eigenvalue weighted by atomic mass is 10.1. The van der Waals surface area contributed by atoms with E-state index in [9.17, 15) is 4.79 Å². The summed E-state index contributed by atoms with van der Waals surface area (Å²) in [7, 11) is 0. The Morgan fingerprint density at radius 1 is 1.44 bits per heavy atom. The van der Waals surface area contributed by atoms with Crippen molar-refractivity contribution in [3.05, 3.63) is 11.3 Å². The summed E-state index contributed by atoms with van der Waals surface area (Å²) >= 11 is 0. The first-order valence-electron chi connectivity index (χ1n) is 5.59. The lowest BCUT2D eigenvalue weighted by Gasteiger charge is -2.20. The lowest BCUT2D eigenvalue weighted by molar-refractivity contribution is -0.137. The summed E-state index contributed by atoms with van der Waals surface area (Å²) in [5, 5.41) is 10.4. The molecule has 0 bridgehead atoms. The molecule has 1 atom stereocenters. The van der Waals surface area contributed by atoms with Crippen LogP contribution in [-0.2, 0) is 9.53 Å². The highest BCUT2D eigenvalue weighted by Gasteiger charge is 2.14. The third-order valence-corrected chi connectivity index (χ3v) is 2.49. The van der Waals surface area contributed by atoms with E-state index in [4.69, 9.17) is 10.1 Å². The number of rotatable bonds is 6. The normalized spacial score (nSPS) is 14.1. The van der Waals surface area contributed by atoms with E-state index in [1.54, 1.807) is 13.8 Å². The van der Waals surface area contributed by atoms with Crippen molar-refractivity contribution in [3.8, 4) is 0 Å². The van der Waals surface area contributed by atoms with Gasteiger partial charge in [0.25, 0.3) is 0 Å². The molecule has 2 N–H and O–H groups in total. The topological polar surface area (TPSA) is 62.2 Å². The van der Waals surface area contributed by atoms with Gasteiger partial charge < -0.3 is 15.5 Å². The highest BCUT2D eigenvalue weighted by atomic mass is 16.5. The summed E-state index contributed by atoms with van der Waals surface area (Å²) in [5.74, 6) is 0.0163. The van der Waals surface area contributed by atoms with Gasteiger partial charge in [-0.1, -0.05) is 13.8 Å². The summed E-state index contributed by atoms with van der Waals surface area (Å²) in [6, 6.07) is 0.254. The fourth-order valence-electron chi connectivity index (χ4n) is 1.12. The summed E-state index contributed by atoms with van der Waals surface area (Å²) in [6.07, 6.45) is 1.04. The third kappa shape index (κ3) is 4.47. The van der Waals surface area contributed by atoms with Crippen LogP contribution in [0.1, 0.15) is 34.6 Å². The van der Waals surface area contributed by atoms with Crippen molar-refractivity contribution < 1.29 is 9.53 Å². The van der Waals surface area contributed by atoms with Crippen LogP contribution < -0.4 is 5.32 Å². The minimum Gasteiger partial charge on any atom is -0.462 e. The average Bonchev–Trinajstić information content (AvgIpc) is 2.18. The molecule has 0 saturated heterocycles. The molecule has 1 unspecified atom stereocenters. The Morgan fingerprint density at radius 3 is 2.38 bits per heavy atom. The zero-order valence-corrected chi connectivity index (χ0v) is 10.8. The molecule has 0 aromatic heterocycles. The van der Waals surface area contributed by atoms with E-state index in [2.05, 4.69) is 19.2 Å². The number of carbonyl (C=O) groups excluding carboxylic acids is 1. The molecular weight excluding hydrogens is 204 g/mol. The highest BCUT2D eigenvalue weighted by Crippen LogP contribution is 2.07. The van der Waals surface area contributed by atoms with Crippen molar-refractivity contribution in [3.63, 3.8) is 0 Å². The fourth-order valence-corrected chi connectivity index (χ4v) is 1.12. The van der Waals surface area contributed by atoms with Crippen LogP contribution in [-0.4, -0.2) is 24.8 Å². The molecule has 4 heteroatoms. The maximum atomic E-state index is 11.5. The highest BCUT2D eigenvalue weighted by molar-refractivity contribution is 6.09. The molecule has 0 rings (SSSR count). The van der Waals surface area contributed by atoms with Crippen LogP contribution in [0.4, 0.5) is 0 Å². The quantitative estimate of drug-likeness (QED) is 0.414. The maximum absolute atomic E-state index is 11.5. The van der Waals surface area contributed by atoms with Crippen molar-refractivity contribution in [1.82, 2.24) is 5.32 Å². The molecule has 0 fully saturated rings. The molecule has 16 heavy (non-hydrogen) atoms. The van der Waals surface area contributed by atoms with Gasteiger partial charge in [-0.25, -0.2) is 4.79 Å². The second-order valence-electron chi connectivity index (χ2n) is 4.08. The van der Waals surface area contributed by atoms with Crippen LogP contribution in [0.5, 0.6) is 0 Å². The Kier molecular flexibility index (Phi) is 6.46. The van der Waals surface area contributed by atoms with E-state index in [1.807, 2.05) is 6.92 Å². The fraction of sp³-hybridized carbons (Fsp3) is 0.667. The first kappa shape index (κ1) is 14.7. The molecule has 0 aliphatic carbocycles. The number of carbonyl (C=O) groups is 1. The van der Waals surface area contributed by atoms with E-state index >= 15 is 0 Å². The SMILES string of the molecule is CCOC(=O)/C(C=N)=C(\C)NC(C)C(C)C. The molecule has 0 aromatic carbocycles. The monoisotopic (exact) mass is 226 g/mol. The van der Waals surface area contributed by atoms with Gasteiger partial charge >= 0.3 is 5.97 Å². The van der Waals surface area contributed by atoms with E-state index < -0.39 is 5.97 Å². The summed E-state index contributed by atoms with van der Waals surface area (Å²) in [4.78, 5) is 11.5. The van der Waals surface area contributed by atoms with Gasteiger partial charge in [0.05, 0.1) is 12.2 Å². The van der Waals surface area contributed by atoms with Gasteiger partial charge in [0.15, 0.2) is 0 Å². The Hall–Kier alpha value is -1.32. The van der Waals surface area contributed by atoms with E-state index in [-0.39, 0.29) is 11.6 Å². The predicted molar refractivity (Wildman–Crippen MR) is 65.6 cm³/mol. The van der Waals surface area contributed by atoms with Gasteiger partial charge in [-0.2, -0.15) is 0 Å². The molecule has 0 saturated carbocycles. The zero-order valence-electron chi connectivity index (χ0n) is 10.8. The van der Waals surface area contributed by atoms with Crippen molar-refractivity contribution in [2.75, 3.05) is 6.61 Å². The van der Waals surface area contributed by atoms with Gasteiger partial charge in [0.1, 0.15) is 0 Å². The van der Waals surface area contributed by atoms with Crippen LogP contribution in [0.3, 0.4) is 0 Å². The van der Waals surface area contributed by atoms with Crippen molar-refractivity contribution in [1.29, 1.82) is 5.41 Å². The lowest BCUT2D eigenvalue weighted by Crippen LogP contribution is -2.31. The van der Waals surface area contributed by atoms with E-state index in [0.717, 1.165) is 6.21 Å². The van der Waals surface area contributed by atoms with Gasteiger partial charge in [-0.15, -0.1) is 0 Å². The first-order chi connectivity index (χ1) is 7.43. The summed E-state index contributed by atoms with van der Waals surface area (Å²) in [6.45, 7) is 10.1. The molecule has 92 valence electrons. The number of ether oxygens (including phenoxy) is 1. The number of hydrogen-bond donors (Lipinski definition) is 2. The average molecular weight is 226 g/mol. The minimum absolute atomic E-state index is 0.254. The maximum Gasteiger partial charge on any atom is 0.341 e. The molecule has 4 nitrogen and oxygen atoms in total. The number of hydrogen-bond acceptors (Lipinski definition) is 4. The molecule has 0 radical (unpaired) electrons. The van der Waals surface area contributed by atoms with Crippen LogP contribution in [0.2, 0.25) is 0 Å². The molecule has 0 aromatic rings. The largest absolute Gasteiger partial charge is 0.462 e. The molecule has 0 amide bonds. The standard InChI is InChI=1S/C12H22N2O2/c1-6-16-12(15)11(7-13)10(5)14-9(4)8(2)3/h7-9,13-14H,6H2,1-5H3/b11-10+,13-7?. The summed E-state index contributed by atoms with van der Waals surface area (Å²) in [5.41, 5.74) is 0.976. The van der Waals surface area contributed by atoms with E-state index in [1.165, 1.54) is 0 Å². The van der Waals surface area contributed by atoms with Gasteiger partial charge in [-0.3, -0.25) is 0 Å². The smallest absolute Gasteiger partial charge is 0.341 e. The van der Waals surface area contributed by atoms with Gasteiger partial charge in [-0.05, 0) is 26.7 Å². The second kappa shape index (κ2) is 7.04. The van der Waals surface area contributed by atoms with Crippen LogP contribution >= 0.6 is 0 Å². The third-order valence-electron chi connectivity index (χ3n) is 2.49. The number of esters is 1. The Bertz CT molecular complexity index is 283. The first-order valence-corrected chi connectivity index (χ1v) is 5.59. The van der Waals surface area contributed by atoms with Crippen LogP contribution in [0.15, 0.2) is 11.3 Å². The van der Waals surface area contributed by atoms with Crippen molar-refractivity contribution >= 4 is 12.2 Å². The molecular formula is C12H22N2O2. The predicted octanol–water partition coefficient (Wildman–Crippen LogP) is 2.11. The second-order valence-corrected chi connectivity index (χ2v) is 4.08. The molecule has 0 spiro atoms. The Morgan fingerprint density at radius 2 is 2.00 bits per heavy atom. The van der Waals surface area contributed by atoms with Gasteiger partial charge in [0.2, 0.25) is 0 Å². The zero-order chi connectivity index (χ0) is 12.7. The summed E-state index contributed by atoms with van der Waals surface area (Å²) < 4.78 is 4.87. The molecule has 0 aliphatic rings. The van der Waals surface area contributed by atoms with Crippen LogP contribution in [0, 0.1) is 11.3 Å². The van der Waals surface area contributed by atoms with Crippen LogP contribution in [0.25, 0.3) is 0 Å². The Labute approximate surface area is 97.6 Å². The molecule has 0 heterocycles. The van der Waals surface area contributed by atoms with E-state index in [0.29, 0.717) is 18.2 Å².